The molecule has 0 N–H and O–H groups in total. The molecule has 0 bridgehead atoms. The summed E-state index contributed by atoms with van der Waals surface area (Å²) in [5.41, 5.74) is -0.0322. The number of carbonyl (C=O) groups is 1. The predicted molar refractivity (Wildman–Crippen MR) is 51.8 cm³/mol. The van der Waals surface area contributed by atoms with Crippen LogP contribution in [0.25, 0.3) is 5.52 Å². The van der Waals surface area contributed by atoms with Crippen LogP contribution in [-0.4, -0.2) is 20.1 Å². The van der Waals surface area contributed by atoms with Crippen LogP contribution in [0.3, 0.4) is 0 Å². The topological polar surface area (TPSA) is 77.5 Å². The van der Waals surface area contributed by atoms with Gasteiger partial charge in [0.1, 0.15) is 5.52 Å². The smallest absolute Gasteiger partial charge is 0.358 e. The van der Waals surface area contributed by atoms with E-state index in [-0.39, 0.29) is 11.3 Å². The second-order valence-corrected chi connectivity index (χ2v) is 3.14. The van der Waals surface area contributed by atoms with Gasteiger partial charge in [-0.2, -0.15) is 4.39 Å². The van der Waals surface area contributed by atoms with Crippen molar-refractivity contribution in [3.8, 4) is 0 Å². The second-order valence-electron chi connectivity index (χ2n) is 3.14. The third-order valence-corrected chi connectivity index (χ3v) is 2.08. The first-order chi connectivity index (χ1) is 7.52. The van der Waals surface area contributed by atoms with Crippen molar-refractivity contribution < 1.29 is 14.1 Å². The van der Waals surface area contributed by atoms with Crippen molar-refractivity contribution in [2.45, 2.75) is 6.92 Å². The molecule has 0 radical (unpaired) electrons. The first kappa shape index (κ1) is 10.2. The van der Waals surface area contributed by atoms with E-state index in [0.717, 1.165) is 10.5 Å². The van der Waals surface area contributed by atoms with Crippen molar-refractivity contribution in [2.24, 2.45) is 0 Å². The van der Waals surface area contributed by atoms with Crippen molar-refractivity contribution in [3.05, 3.63) is 40.1 Å². The van der Waals surface area contributed by atoms with Gasteiger partial charge < -0.3 is 10.1 Å². The highest BCUT2D eigenvalue weighted by Crippen LogP contribution is 2.21. The molecule has 0 aliphatic carbocycles. The Hall–Kier alpha value is -2.31. The number of rotatable bonds is 2. The molecule has 2 rings (SSSR count). The highest BCUT2D eigenvalue weighted by molar-refractivity contribution is 5.92. The van der Waals surface area contributed by atoms with E-state index in [2.05, 4.69) is 4.98 Å². The van der Waals surface area contributed by atoms with Crippen molar-refractivity contribution in [3.63, 3.8) is 0 Å². The minimum absolute atomic E-state index is 0.0322. The molecular weight excluding hydrogens is 217 g/mol. The van der Waals surface area contributed by atoms with E-state index in [1.165, 1.54) is 19.1 Å². The zero-order valence-electron chi connectivity index (χ0n) is 8.18. The Balaban J connectivity index is 2.93. The molecule has 16 heavy (non-hydrogen) atoms. The van der Waals surface area contributed by atoms with Crippen molar-refractivity contribution in [2.75, 3.05) is 0 Å². The average Bonchev–Trinajstić information content (AvgIpc) is 2.58. The lowest BCUT2D eigenvalue weighted by atomic mass is 10.4. The van der Waals surface area contributed by atoms with Gasteiger partial charge in [0.05, 0.1) is 0 Å². The molecule has 0 aliphatic heterocycles. The Morgan fingerprint density at radius 3 is 2.81 bits per heavy atom. The van der Waals surface area contributed by atoms with Gasteiger partial charge in [-0.3, -0.25) is 4.79 Å². The fourth-order valence-electron chi connectivity index (χ4n) is 1.45. The van der Waals surface area contributed by atoms with Crippen LogP contribution in [0.5, 0.6) is 0 Å². The lowest BCUT2D eigenvalue weighted by Gasteiger charge is -1.95. The van der Waals surface area contributed by atoms with Gasteiger partial charge in [0.15, 0.2) is 0 Å². The average molecular weight is 223 g/mol. The summed E-state index contributed by atoms with van der Waals surface area (Å²) in [4.78, 5) is 24.6. The lowest BCUT2D eigenvalue weighted by Crippen LogP contribution is -2.03. The third kappa shape index (κ3) is 1.33. The van der Waals surface area contributed by atoms with Crippen molar-refractivity contribution in [1.29, 1.82) is 0 Å². The van der Waals surface area contributed by atoms with E-state index in [1.807, 2.05) is 0 Å². The summed E-state index contributed by atoms with van der Waals surface area (Å²) in [6.45, 7) is 1.17. The van der Waals surface area contributed by atoms with E-state index in [0.29, 0.717) is 0 Å². The molecule has 0 saturated carbocycles. The third-order valence-electron chi connectivity index (χ3n) is 2.08. The largest absolute Gasteiger partial charge is 0.390 e. The molecular formula is C9H6FN3O3. The standard InChI is InChI=1S/C9H6FN3O3/c1-5(14)8-11-9(13(15)16)6-3-2-4-7(10)12(6)8/h2-4H,1H3. The summed E-state index contributed by atoms with van der Waals surface area (Å²) < 4.78 is 14.3. The number of pyridine rings is 1. The van der Waals surface area contributed by atoms with Crippen LogP contribution >= 0.6 is 0 Å². The minimum atomic E-state index is -0.761. The summed E-state index contributed by atoms with van der Waals surface area (Å²) >= 11 is 0. The van der Waals surface area contributed by atoms with E-state index >= 15 is 0 Å². The van der Waals surface area contributed by atoms with Gasteiger partial charge in [-0.15, -0.1) is 0 Å². The SMILES string of the molecule is CC(=O)c1nc([N+](=O)[O-])c2cccc(F)n12. The number of Topliss-reactive ketones (excluding diaryl/α,β-unsaturated/α-hetero) is 1. The normalized spacial score (nSPS) is 10.6. The van der Waals surface area contributed by atoms with E-state index in [1.54, 1.807) is 0 Å². The van der Waals surface area contributed by atoms with Gasteiger partial charge in [0.25, 0.3) is 5.82 Å². The zero-order valence-corrected chi connectivity index (χ0v) is 8.18. The maximum Gasteiger partial charge on any atom is 0.390 e. The number of imidazole rings is 1. The zero-order chi connectivity index (χ0) is 11.9. The van der Waals surface area contributed by atoms with Crippen LogP contribution in [0.15, 0.2) is 18.2 Å². The minimum Gasteiger partial charge on any atom is -0.358 e. The lowest BCUT2D eigenvalue weighted by molar-refractivity contribution is -0.387. The quantitative estimate of drug-likeness (QED) is 0.335. The fraction of sp³-hybridized carbons (Fsp3) is 0.111. The number of hydrogen-bond acceptors (Lipinski definition) is 4. The molecule has 2 aromatic rings. The molecule has 6 nitrogen and oxygen atoms in total. The molecule has 0 amide bonds. The molecule has 0 aliphatic rings. The van der Waals surface area contributed by atoms with Crippen LogP contribution < -0.4 is 0 Å². The Bertz CT molecular complexity index is 605. The molecule has 0 unspecified atom stereocenters. The summed E-state index contributed by atoms with van der Waals surface area (Å²) in [5, 5.41) is 10.7. The summed E-state index contributed by atoms with van der Waals surface area (Å²) in [6, 6.07) is 3.76. The van der Waals surface area contributed by atoms with E-state index in [4.69, 9.17) is 0 Å². The maximum atomic E-state index is 13.4. The van der Waals surface area contributed by atoms with Gasteiger partial charge in [-0.1, -0.05) is 6.07 Å². The van der Waals surface area contributed by atoms with Crippen LogP contribution in [0.2, 0.25) is 0 Å². The Morgan fingerprint density at radius 1 is 1.56 bits per heavy atom. The second kappa shape index (κ2) is 3.37. The number of carbonyl (C=O) groups excluding carboxylic acids is 1. The maximum absolute atomic E-state index is 13.4. The molecule has 2 aromatic heterocycles. The number of aromatic nitrogens is 2. The molecule has 7 heteroatoms. The highest BCUT2D eigenvalue weighted by Gasteiger charge is 2.26. The van der Waals surface area contributed by atoms with E-state index in [9.17, 15) is 19.3 Å². The van der Waals surface area contributed by atoms with Crippen LogP contribution in [0.4, 0.5) is 10.2 Å². The van der Waals surface area contributed by atoms with Gasteiger partial charge in [-0.25, -0.2) is 4.40 Å². The van der Waals surface area contributed by atoms with Crippen LogP contribution in [0, 0.1) is 16.1 Å². The van der Waals surface area contributed by atoms with Gasteiger partial charge in [-0.05, 0) is 22.0 Å². The molecule has 0 atom stereocenters. The summed E-state index contributed by atoms with van der Waals surface area (Å²) in [5.74, 6) is -2.10. The first-order valence-electron chi connectivity index (χ1n) is 4.34. The number of halogens is 1. The van der Waals surface area contributed by atoms with Crippen LogP contribution in [-0.2, 0) is 0 Å². The monoisotopic (exact) mass is 223 g/mol. The number of nitro groups is 1. The molecule has 0 aromatic carbocycles. The van der Waals surface area contributed by atoms with Crippen molar-refractivity contribution in [1.82, 2.24) is 9.38 Å². The van der Waals surface area contributed by atoms with Crippen molar-refractivity contribution >= 4 is 17.1 Å². The Labute approximate surface area is 88.5 Å². The molecule has 0 fully saturated rings. The molecule has 82 valence electrons. The summed E-state index contributed by atoms with van der Waals surface area (Å²) in [6.07, 6.45) is 0. The van der Waals surface area contributed by atoms with Gasteiger partial charge >= 0.3 is 5.82 Å². The Morgan fingerprint density at radius 2 is 2.25 bits per heavy atom. The Kier molecular flexibility index (Phi) is 2.15. The highest BCUT2D eigenvalue weighted by atomic mass is 19.1. The van der Waals surface area contributed by atoms with Gasteiger partial charge in [0.2, 0.25) is 11.7 Å². The number of hydrogen-bond donors (Lipinski definition) is 0. The number of fused-ring (bicyclic) bond motifs is 1. The number of nitrogens with zero attached hydrogens (tertiary/aromatic N) is 3. The molecule has 0 saturated heterocycles. The first-order valence-corrected chi connectivity index (χ1v) is 4.34. The summed E-state index contributed by atoms with van der Waals surface area (Å²) in [7, 11) is 0. The van der Waals surface area contributed by atoms with E-state index < -0.39 is 22.5 Å². The molecule has 2 heterocycles. The van der Waals surface area contributed by atoms with Crippen LogP contribution in [0.1, 0.15) is 17.5 Å². The molecule has 0 spiro atoms. The fourth-order valence-corrected chi connectivity index (χ4v) is 1.45. The number of ketones is 1. The van der Waals surface area contributed by atoms with Gasteiger partial charge in [0, 0.05) is 6.92 Å². The predicted octanol–water partition coefficient (Wildman–Crippen LogP) is 1.58.